The number of carbonyl (C=O) groups excluding carboxylic acids is 2. The number of benzene rings is 1. The molecule has 0 aliphatic carbocycles. The second kappa shape index (κ2) is 6.48. The average molecular weight is 267 g/mol. The van der Waals surface area contributed by atoms with Gasteiger partial charge in [0, 0.05) is 12.1 Å². The van der Waals surface area contributed by atoms with Gasteiger partial charge in [-0.2, -0.15) is 0 Å². The maximum absolute atomic E-state index is 11.5. The summed E-state index contributed by atoms with van der Waals surface area (Å²) in [5.41, 5.74) is 0.544. The number of rotatable bonds is 5. The van der Waals surface area contributed by atoms with Crippen LogP contribution in [-0.4, -0.2) is 31.1 Å². The van der Waals surface area contributed by atoms with Gasteiger partial charge in [-0.3, -0.25) is 19.7 Å². The molecule has 0 saturated carbocycles. The molecule has 19 heavy (non-hydrogen) atoms. The van der Waals surface area contributed by atoms with Crippen molar-refractivity contribution < 1.29 is 24.0 Å². The highest BCUT2D eigenvalue weighted by molar-refractivity contribution is 5.95. The molecule has 0 atom stereocenters. The molecule has 0 N–H and O–H groups in total. The predicted octanol–water partition coefficient (Wildman–Crippen LogP) is 1.10. The molecule has 0 aliphatic rings. The minimum absolute atomic E-state index is 0.0589. The zero-order valence-corrected chi connectivity index (χ0v) is 10.5. The van der Waals surface area contributed by atoms with E-state index >= 15 is 0 Å². The molecule has 0 bridgehead atoms. The highest BCUT2D eigenvalue weighted by atomic mass is 16.6. The maximum Gasteiger partial charge on any atom is 0.320 e. The average Bonchev–Trinajstić information content (AvgIpc) is 2.43. The molecular formula is C12H13NO6. The lowest BCUT2D eigenvalue weighted by Crippen LogP contribution is -2.28. The minimum atomic E-state index is -1.07. The lowest BCUT2D eigenvalue weighted by Gasteiger charge is -2.12. The summed E-state index contributed by atoms with van der Waals surface area (Å²) in [4.78, 5) is 32.9. The van der Waals surface area contributed by atoms with Crippen molar-refractivity contribution in [3.63, 3.8) is 0 Å². The second-order valence-corrected chi connectivity index (χ2v) is 3.73. The van der Waals surface area contributed by atoms with Gasteiger partial charge in [-0.25, -0.2) is 0 Å². The van der Waals surface area contributed by atoms with Crippen LogP contribution < -0.4 is 0 Å². The third-order valence-corrected chi connectivity index (χ3v) is 2.56. The van der Waals surface area contributed by atoms with Gasteiger partial charge < -0.3 is 9.47 Å². The summed E-state index contributed by atoms with van der Waals surface area (Å²) in [6, 6.07) is 5.58. The van der Waals surface area contributed by atoms with Crippen molar-refractivity contribution in [2.45, 2.75) is 6.42 Å². The Morgan fingerprint density at radius 1 is 1.16 bits per heavy atom. The van der Waals surface area contributed by atoms with E-state index in [2.05, 4.69) is 9.47 Å². The molecule has 7 nitrogen and oxygen atoms in total. The van der Waals surface area contributed by atoms with Crippen molar-refractivity contribution in [1.29, 1.82) is 0 Å². The van der Waals surface area contributed by atoms with Crippen LogP contribution in [0, 0.1) is 16.0 Å². The first-order valence-electron chi connectivity index (χ1n) is 5.38. The summed E-state index contributed by atoms with van der Waals surface area (Å²) in [5.74, 6) is -2.48. The molecule has 0 saturated heterocycles. The number of hydrogen-bond donors (Lipinski definition) is 0. The Labute approximate surface area is 109 Å². The summed E-state index contributed by atoms with van der Waals surface area (Å²) in [6.45, 7) is 0. The molecule has 0 aromatic heterocycles. The molecular weight excluding hydrogens is 254 g/mol. The number of esters is 2. The first-order valence-corrected chi connectivity index (χ1v) is 5.38. The van der Waals surface area contributed by atoms with Crippen molar-refractivity contribution >= 4 is 17.6 Å². The number of carbonyl (C=O) groups is 2. The molecule has 0 heterocycles. The molecule has 7 heteroatoms. The van der Waals surface area contributed by atoms with Gasteiger partial charge in [-0.15, -0.1) is 0 Å². The van der Waals surface area contributed by atoms with Crippen LogP contribution in [0.2, 0.25) is 0 Å². The van der Waals surface area contributed by atoms with Gasteiger partial charge in [0.15, 0.2) is 5.92 Å². The molecule has 102 valence electrons. The topological polar surface area (TPSA) is 95.7 Å². The van der Waals surface area contributed by atoms with E-state index < -0.39 is 22.8 Å². The fourth-order valence-electron chi connectivity index (χ4n) is 1.54. The number of hydrogen-bond acceptors (Lipinski definition) is 6. The smallest absolute Gasteiger partial charge is 0.320 e. The van der Waals surface area contributed by atoms with Gasteiger partial charge >= 0.3 is 11.9 Å². The Morgan fingerprint density at radius 2 is 1.63 bits per heavy atom. The van der Waals surface area contributed by atoms with Crippen LogP contribution in [0.3, 0.4) is 0 Å². The summed E-state index contributed by atoms with van der Waals surface area (Å²) in [7, 11) is 2.35. The predicted molar refractivity (Wildman–Crippen MR) is 64.3 cm³/mol. The fourth-order valence-corrected chi connectivity index (χ4v) is 1.54. The first kappa shape index (κ1) is 14.6. The molecule has 0 spiro atoms. The Hall–Kier alpha value is -2.44. The molecule has 0 amide bonds. The zero-order chi connectivity index (χ0) is 14.4. The van der Waals surface area contributed by atoms with Crippen molar-refractivity contribution in [3.8, 4) is 0 Å². The van der Waals surface area contributed by atoms with Crippen LogP contribution in [0.25, 0.3) is 0 Å². The van der Waals surface area contributed by atoms with Gasteiger partial charge in [0.1, 0.15) is 0 Å². The SMILES string of the molecule is COC(=O)C(Cc1ccc([N+](=O)[O-])cc1)C(=O)OC. The van der Waals surface area contributed by atoms with Crippen LogP contribution in [0.5, 0.6) is 0 Å². The quantitative estimate of drug-likeness (QED) is 0.343. The standard InChI is InChI=1S/C12H13NO6/c1-18-11(14)10(12(15)19-2)7-8-3-5-9(6-4-8)13(16)17/h3-6,10H,7H2,1-2H3. The van der Waals surface area contributed by atoms with Gasteiger partial charge in [0.25, 0.3) is 5.69 Å². The van der Waals surface area contributed by atoms with Gasteiger partial charge in [-0.1, -0.05) is 12.1 Å². The molecule has 1 aromatic carbocycles. The van der Waals surface area contributed by atoms with E-state index in [1.54, 1.807) is 0 Å². The van der Waals surface area contributed by atoms with Crippen LogP contribution in [-0.2, 0) is 25.5 Å². The lowest BCUT2D eigenvalue weighted by atomic mass is 9.99. The lowest BCUT2D eigenvalue weighted by molar-refractivity contribution is -0.384. The van der Waals surface area contributed by atoms with Crippen LogP contribution in [0.4, 0.5) is 5.69 Å². The molecule has 1 rings (SSSR count). The summed E-state index contributed by atoms with van der Waals surface area (Å²) >= 11 is 0. The van der Waals surface area contributed by atoms with Crippen LogP contribution in [0.1, 0.15) is 5.56 Å². The largest absolute Gasteiger partial charge is 0.468 e. The second-order valence-electron chi connectivity index (χ2n) is 3.73. The third kappa shape index (κ3) is 3.77. The summed E-state index contributed by atoms with van der Waals surface area (Å²) in [5, 5.41) is 10.5. The zero-order valence-electron chi connectivity index (χ0n) is 10.5. The Bertz CT molecular complexity index is 465. The highest BCUT2D eigenvalue weighted by Gasteiger charge is 2.28. The number of methoxy groups -OCH3 is 2. The van der Waals surface area contributed by atoms with E-state index in [9.17, 15) is 19.7 Å². The van der Waals surface area contributed by atoms with E-state index in [1.165, 1.54) is 38.5 Å². The van der Waals surface area contributed by atoms with Crippen LogP contribution >= 0.6 is 0 Å². The van der Waals surface area contributed by atoms with Crippen molar-refractivity contribution in [2.24, 2.45) is 5.92 Å². The summed E-state index contributed by atoms with van der Waals surface area (Å²) in [6.07, 6.45) is 0.0668. The van der Waals surface area contributed by atoms with Crippen LogP contribution in [0.15, 0.2) is 24.3 Å². The maximum atomic E-state index is 11.5. The molecule has 0 aliphatic heterocycles. The monoisotopic (exact) mass is 267 g/mol. The first-order chi connectivity index (χ1) is 8.99. The van der Waals surface area contributed by atoms with E-state index in [4.69, 9.17) is 0 Å². The Kier molecular flexibility index (Phi) is 4.99. The van der Waals surface area contributed by atoms with Crippen molar-refractivity contribution in [2.75, 3.05) is 14.2 Å². The van der Waals surface area contributed by atoms with E-state index in [-0.39, 0.29) is 12.1 Å². The van der Waals surface area contributed by atoms with E-state index in [0.717, 1.165) is 0 Å². The summed E-state index contributed by atoms with van der Waals surface area (Å²) < 4.78 is 9.04. The van der Waals surface area contributed by atoms with Gasteiger partial charge in [0.2, 0.25) is 0 Å². The number of nitrogens with zero attached hydrogens (tertiary/aromatic N) is 1. The number of ether oxygens (including phenoxy) is 2. The number of nitro groups is 1. The van der Waals surface area contributed by atoms with Gasteiger partial charge in [-0.05, 0) is 12.0 Å². The van der Waals surface area contributed by atoms with E-state index in [0.29, 0.717) is 5.56 Å². The molecule has 0 radical (unpaired) electrons. The Balaban J connectivity index is 2.87. The fraction of sp³-hybridized carbons (Fsp3) is 0.333. The van der Waals surface area contributed by atoms with Crippen molar-refractivity contribution in [1.82, 2.24) is 0 Å². The third-order valence-electron chi connectivity index (χ3n) is 2.56. The Morgan fingerprint density at radius 3 is 2.00 bits per heavy atom. The number of non-ortho nitro benzene ring substituents is 1. The van der Waals surface area contributed by atoms with Crippen molar-refractivity contribution in [3.05, 3.63) is 39.9 Å². The molecule has 1 aromatic rings. The molecule has 0 fully saturated rings. The normalized spacial score (nSPS) is 10.1. The highest BCUT2D eigenvalue weighted by Crippen LogP contribution is 2.16. The minimum Gasteiger partial charge on any atom is -0.468 e. The molecule has 0 unspecified atom stereocenters. The van der Waals surface area contributed by atoms with Gasteiger partial charge in [0.05, 0.1) is 19.1 Å². The van der Waals surface area contributed by atoms with E-state index in [1.807, 2.05) is 0 Å². The number of nitro benzene ring substituents is 1.